The summed E-state index contributed by atoms with van der Waals surface area (Å²) in [5.41, 5.74) is 1.67. The molecule has 0 spiro atoms. The lowest BCUT2D eigenvalue weighted by Crippen LogP contribution is -2.38. The SMILES string of the molecule is COc1ccc(C(OC[C@H]2O[C@@H](n3ccc(NC(=O)c4ccccc4)nc3=O)C[C@@H]2OP2O[C@@H](c3ccccc3)CN2C(=O)CF)(c2ccccc2)c2ccc(OC)cc2)cc1. The zero-order valence-electron chi connectivity index (χ0n) is 33.9. The van der Waals surface area contributed by atoms with E-state index < -0.39 is 62.8 Å². The third kappa shape index (κ3) is 9.01. The molecular weight excluding hydrogens is 815 g/mol. The molecule has 6 aromatic rings. The monoisotopic (exact) mass is 858 g/mol. The van der Waals surface area contributed by atoms with Crippen LogP contribution in [0.15, 0.2) is 157 Å². The molecule has 0 saturated carbocycles. The third-order valence-corrected chi connectivity index (χ3v) is 12.5. The van der Waals surface area contributed by atoms with Gasteiger partial charge in [-0.1, -0.05) is 103 Å². The van der Waals surface area contributed by atoms with E-state index in [2.05, 4.69) is 10.3 Å². The molecule has 2 aliphatic heterocycles. The van der Waals surface area contributed by atoms with Crippen molar-refractivity contribution in [3.05, 3.63) is 190 Å². The normalized spacial score (nSPS) is 19.9. The fraction of sp³-hybridized carbons (Fsp3) is 0.234. The second kappa shape index (κ2) is 19.2. The minimum Gasteiger partial charge on any atom is -0.497 e. The summed E-state index contributed by atoms with van der Waals surface area (Å²) < 4.78 is 54.7. The molecule has 2 fully saturated rings. The number of nitrogens with zero attached hydrogens (tertiary/aromatic N) is 3. The molecule has 1 N–H and O–H groups in total. The summed E-state index contributed by atoms with van der Waals surface area (Å²) in [7, 11) is 1.06. The van der Waals surface area contributed by atoms with E-state index >= 15 is 0 Å². The van der Waals surface area contributed by atoms with Crippen LogP contribution in [0.2, 0.25) is 0 Å². The number of anilines is 1. The highest BCUT2D eigenvalue weighted by Gasteiger charge is 2.47. The Morgan fingerprint density at radius 1 is 0.806 bits per heavy atom. The van der Waals surface area contributed by atoms with Gasteiger partial charge in [0, 0.05) is 18.2 Å². The number of methoxy groups -OCH3 is 2. The number of carbonyl (C=O) groups excluding carboxylic acids is 2. The van der Waals surface area contributed by atoms with Crippen LogP contribution in [0.4, 0.5) is 10.2 Å². The van der Waals surface area contributed by atoms with Crippen LogP contribution in [0.5, 0.6) is 11.5 Å². The predicted molar refractivity (Wildman–Crippen MR) is 229 cm³/mol. The number of ether oxygens (including phenoxy) is 4. The maximum absolute atomic E-state index is 14.1. The Kier molecular flexibility index (Phi) is 13.1. The van der Waals surface area contributed by atoms with Crippen LogP contribution in [0, 0.1) is 0 Å². The van der Waals surface area contributed by atoms with Crippen molar-refractivity contribution in [1.29, 1.82) is 0 Å². The van der Waals surface area contributed by atoms with E-state index in [1.54, 1.807) is 44.6 Å². The summed E-state index contributed by atoms with van der Waals surface area (Å²) in [4.78, 5) is 43.7. The molecular formula is C47H44FN4O9P. The lowest BCUT2D eigenvalue weighted by atomic mass is 9.80. The zero-order valence-corrected chi connectivity index (χ0v) is 34.8. The smallest absolute Gasteiger partial charge is 0.351 e. The summed E-state index contributed by atoms with van der Waals surface area (Å²) in [6.07, 6.45) is -1.59. The van der Waals surface area contributed by atoms with Crippen LogP contribution in [0.3, 0.4) is 0 Å². The van der Waals surface area contributed by atoms with E-state index in [1.807, 2.05) is 109 Å². The quantitative estimate of drug-likeness (QED) is 0.0799. The van der Waals surface area contributed by atoms with E-state index in [0.29, 0.717) is 17.1 Å². The first-order valence-electron chi connectivity index (χ1n) is 19.9. The van der Waals surface area contributed by atoms with Crippen molar-refractivity contribution in [2.24, 2.45) is 0 Å². The average molecular weight is 859 g/mol. The lowest BCUT2D eigenvalue weighted by Gasteiger charge is -2.37. The predicted octanol–water partition coefficient (Wildman–Crippen LogP) is 7.99. The van der Waals surface area contributed by atoms with Crippen molar-refractivity contribution < 1.29 is 42.0 Å². The molecule has 5 aromatic carbocycles. The van der Waals surface area contributed by atoms with Gasteiger partial charge >= 0.3 is 5.69 Å². The van der Waals surface area contributed by atoms with Crippen molar-refractivity contribution in [3.63, 3.8) is 0 Å². The Morgan fingerprint density at radius 2 is 1.39 bits per heavy atom. The van der Waals surface area contributed by atoms with Crippen molar-refractivity contribution >= 4 is 26.2 Å². The molecule has 318 valence electrons. The highest BCUT2D eigenvalue weighted by molar-refractivity contribution is 7.45. The standard InChI is InChI=1S/C47H44FN4O9P/c1-56-37-22-18-35(19-23-37)47(34-16-10-5-11-17-34,36-20-24-38(57-2)25-21-36)58-31-41-39(60-62-52(43(53)29-48)30-40(61-62)32-12-6-3-7-13-32)28-44(59-41)51-27-26-42(50-46(51)55)49-45(54)33-14-8-4-9-15-33/h3-27,39-41,44H,28-31H2,1-2H3,(H,49,50,54,55)/t39-,40+,41+,44+,62?/m0/s1. The second-order valence-corrected chi connectivity index (χ2v) is 15.9. The number of halogens is 1. The minimum absolute atomic E-state index is 0.0626. The Balaban J connectivity index is 1.15. The van der Waals surface area contributed by atoms with Gasteiger partial charge in [-0.2, -0.15) is 4.98 Å². The molecule has 62 heavy (non-hydrogen) atoms. The van der Waals surface area contributed by atoms with Gasteiger partial charge in [0.05, 0.1) is 33.5 Å². The van der Waals surface area contributed by atoms with E-state index in [-0.39, 0.29) is 25.4 Å². The highest BCUT2D eigenvalue weighted by atomic mass is 31.2. The molecule has 2 saturated heterocycles. The lowest BCUT2D eigenvalue weighted by molar-refractivity contribution is -0.127. The van der Waals surface area contributed by atoms with Gasteiger partial charge in [0.2, 0.25) is 0 Å². The Hall–Kier alpha value is -6.28. The molecule has 0 bridgehead atoms. The Morgan fingerprint density at radius 3 is 1.97 bits per heavy atom. The third-order valence-electron chi connectivity index (χ3n) is 10.8. The number of amides is 2. The molecule has 13 nitrogen and oxygen atoms in total. The molecule has 15 heteroatoms. The first kappa shape index (κ1) is 42.4. The van der Waals surface area contributed by atoms with Gasteiger partial charge in [-0.3, -0.25) is 18.8 Å². The number of nitrogens with one attached hydrogen (secondary N) is 1. The van der Waals surface area contributed by atoms with Gasteiger partial charge in [-0.05, 0) is 64.7 Å². The Bertz CT molecular complexity index is 2450. The summed E-state index contributed by atoms with van der Waals surface area (Å²) in [6, 6.07) is 44.3. The van der Waals surface area contributed by atoms with Crippen molar-refractivity contribution in [1.82, 2.24) is 14.2 Å². The number of hydrogen-bond donors (Lipinski definition) is 1. The van der Waals surface area contributed by atoms with E-state index in [1.165, 1.54) is 21.5 Å². The number of alkyl halides is 1. The van der Waals surface area contributed by atoms with E-state index in [0.717, 1.165) is 22.3 Å². The molecule has 3 heterocycles. The number of hydrogen-bond acceptors (Lipinski definition) is 10. The first-order chi connectivity index (χ1) is 30.3. The molecule has 1 aromatic heterocycles. The Labute approximate surface area is 358 Å². The van der Waals surface area contributed by atoms with Gasteiger partial charge in [0.15, 0.2) is 6.67 Å². The summed E-state index contributed by atoms with van der Waals surface area (Å²) in [6.45, 7) is -1.24. The molecule has 0 aliphatic carbocycles. The maximum Gasteiger partial charge on any atom is 0.351 e. The fourth-order valence-electron chi connectivity index (χ4n) is 7.61. The van der Waals surface area contributed by atoms with Crippen molar-refractivity contribution in [2.45, 2.75) is 36.6 Å². The minimum atomic E-state index is -2.14. The average Bonchev–Trinajstić information content (AvgIpc) is 3.94. The van der Waals surface area contributed by atoms with Crippen molar-refractivity contribution in [3.8, 4) is 11.5 Å². The summed E-state index contributed by atoms with van der Waals surface area (Å²) >= 11 is 0. The second-order valence-electron chi connectivity index (χ2n) is 14.5. The number of carbonyl (C=O) groups is 2. The number of aromatic nitrogens is 2. The van der Waals surface area contributed by atoms with E-state index in [4.69, 9.17) is 28.0 Å². The van der Waals surface area contributed by atoms with E-state index in [9.17, 15) is 18.8 Å². The van der Waals surface area contributed by atoms with Crippen LogP contribution in [0.1, 0.15) is 51.4 Å². The number of rotatable bonds is 15. The fourth-order valence-corrected chi connectivity index (χ4v) is 9.26. The molecule has 1 unspecified atom stereocenters. The number of benzene rings is 5. The van der Waals surface area contributed by atoms with Gasteiger partial charge in [-0.15, -0.1) is 0 Å². The summed E-state index contributed by atoms with van der Waals surface area (Å²) in [5, 5.41) is 2.67. The molecule has 8 rings (SSSR count). The first-order valence-corrected chi connectivity index (χ1v) is 21.1. The molecule has 2 amide bonds. The van der Waals surface area contributed by atoms with Crippen LogP contribution >= 0.6 is 8.53 Å². The summed E-state index contributed by atoms with van der Waals surface area (Å²) in [5.74, 6) is 0.186. The maximum atomic E-state index is 14.1. The van der Waals surface area contributed by atoms with Gasteiger partial charge in [0.25, 0.3) is 20.3 Å². The largest absolute Gasteiger partial charge is 0.497 e. The molecule has 0 radical (unpaired) electrons. The van der Waals surface area contributed by atoms with Gasteiger partial charge in [-0.25, -0.2) is 9.18 Å². The highest BCUT2D eigenvalue weighted by Crippen LogP contribution is 2.56. The van der Waals surface area contributed by atoms with Crippen LogP contribution in [-0.4, -0.2) is 72.3 Å². The van der Waals surface area contributed by atoms with Gasteiger partial charge < -0.3 is 33.3 Å². The van der Waals surface area contributed by atoms with Crippen LogP contribution in [0.25, 0.3) is 0 Å². The van der Waals surface area contributed by atoms with Crippen LogP contribution in [-0.2, 0) is 28.9 Å². The van der Waals surface area contributed by atoms with Crippen LogP contribution < -0.4 is 20.5 Å². The van der Waals surface area contributed by atoms with Crippen molar-refractivity contribution in [2.75, 3.05) is 39.4 Å². The molecule has 2 aliphatic rings. The molecule has 5 atom stereocenters. The topological polar surface area (TPSA) is 140 Å². The van der Waals surface area contributed by atoms with Gasteiger partial charge in [0.1, 0.15) is 41.4 Å². The zero-order chi connectivity index (χ0) is 43.1.